The average molecular weight is 527 g/mol. The molecule has 3 fully saturated rings. The maximum atomic E-state index is 6.34. The molecular weight excluding hydrogens is 488 g/mol. The van der Waals surface area contributed by atoms with Gasteiger partial charge in [0.05, 0.1) is 0 Å². The number of rotatable bonds is 6. The van der Waals surface area contributed by atoms with Gasteiger partial charge in [0.1, 0.15) is 11.6 Å². The topological polar surface area (TPSA) is 56.3 Å². The lowest BCUT2D eigenvalue weighted by atomic mass is 9.79. The van der Waals surface area contributed by atoms with Gasteiger partial charge in [-0.3, -0.25) is 0 Å². The summed E-state index contributed by atoms with van der Waals surface area (Å²) in [6, 6.07) is 10.5. The average Bonchev–Trinajstić information content (AvgIpc) is 3.38. The van der Waals surface area contributed by atoms with Gasteiger partial charge in [-0.05, 0) is 80.8 Å². The minimum Gasteiger partial charge on any atom is -0.361 e. The van der Waals surface area contributed by atoms with Crippen LogP contribution in [0.2, 0.25) is 5.02 Å². The van der Waals surface area contributed by atoms with Crippen LogP contribution in [0.5, 0.6) is 0 Å². The molecule has 0 unspecified atom stereocenters. The van der Waals surface area contributed by atoms with Crippen LogP contribution in [-0.4, -0.2) is 47.8 Å². The molecule has 2 aliphatic heterocycles. The highest BCUT2D eigenvalue weighted by Gasteiger charge is 2.36. The van der Waals surface area contributed by atoms with Crippen LogP contribution in [0.3, 0.4) is 0 Å². The lowest BCUT2D eigenvalue weighted by Crippen LogP contribution is -2.41. The van der Waals surface area contributed by atoms with Crippen LogP contribution in [0.15, 0.2) is 30.3 Å². The Morgan fingerprint density at radius 2 is 1.72 bits per heavy atom. The van der Waals surface area contributed by atoms with Crippen molar-refractivity contribution >= 4 is 46.5 Å². The molecule has 194 valence electrons. The van der Waals surface area contributed by atoms with Gasteiger partial charge in [-0.25, -0.2) is 0 Å². The maximum absolute atomic E-state index is 6.34. The monoisotopic (exact) mass is 526 g/mol. The van der Waals surface area contributed by atoms with Crippen LogP contribution in [-0.2, 0) is 5.41 Å². The van der Waals surface area contributed by atoms with Gasteiger partial charge in [0, 0.05) is 49.2 Å². The Hall–Kier alpha value is -2.12. The minimum absolute atomic E-state index is 0.0578. The second-order valence-electron chi connectivity index (χ2n) is 11.0. The maximum Gasteiger partial charge on any atom is 0.232 e. The molecule has 1 aromatic heterocycles. The summed E-state index contributed by atoms with van der Waals surface area (Å²) < 4.78 is 0. The third-order valence-corrected chi connectivity index (χ3v) is 8.65. The van der Waals surface area contributed by atoms with Crippen molar-refractivity contribution in [2.75, 3.05) is 47.8 Å². The van der Waals surface area contributed by atoms with Crippen LogP contribution >= 0.6 is 23.8 Å². The molecule has 0 spiro atoms. The third-order valence-electron chi connectivity index (χ3n) is 8.17. The normalized spacial score (nSPS) is 21.9. The summed E-state index contributed by atoms with van der Waals surface area (Å²) >= 11 is 12.1. The standard InChI is InChI=1S/C28H39ClN6S/c1-21-9-8-16-35(19-21)25-18-24(34-14-5-2-6-15-34)31-26(32-25)33-27(36)30-20-28(12-3-4-13-28)22-10-7-11-23(29)17-22/h7,10-11,17-18,21H,2-6,8-9,12-16,19-20H2,1H3,(H2,30,31,32,33,36)/t21-/m1/s1. The molecule has 2 N–H and O–H groups in total. The molecule has 2 aromatic rings. The summed E-state index contributed by atoms with van der Waals surface area (Å²) in [4.78, 5) is 14.6. The van der Waals surface area contributed by atoms with Gasteiger partial charge in [-0.15, -0.1) is 0 Å². The van der Waals surface area contributed by atoms with Crippen molar-refractivity contribution < 1.29 is 0 Å². The van der Waals surface area contributed by atoms with Gasteiger partial charge in [-0.1, -0.05) is 43.5 Å². The van der Waals surface area contributed by atoms with Gasteiger partial charge < -0.3 is 20.4 Å². The lowest BCUT2D eigenvalue weighted by Gasteiger charge is -2.34. The van der Waals surface area contributed by atoms with E-state index in [1.165, 1.54) is 50.5 Å². The van der Waals surface area contributed by atoms with Crippen molar-refractivity contribution in [1.29, 1.82) is 0 Å². The Morgan fingerprint density at radius 3 is 2.44 bits per heavy atom. The highest BCUT2D eigenvalue weighted by molar-refractivity contribution is 7.80. The van der Waals surface area contributed by atoms with Crippen LogP contribution < -0.4 is 20.4 Å². The van der Waals surface area contributed by atoms with E-state index >= 15 is 0 Å². The first-order valence-corrected chi connectivity index (χ1v) is 14.5. The summed E-state index contributed by atoms with van der Waals surface area (Å²) in [5.74, 6) is 3.29. The van der Waals surface area contributed by atoms with Crippen molar-refractivity contribution in [1.82, 2.24) is 15.3 Å². The molecule has 1 aliphatic carbocycles. The minimum atomic E-state index is 0.0578. The fraction of sp³-hybridized carbons (Fsp3) is 0.607. The summed E-state index contributed by atoms with van der Waals surface area (Å²) in [6.07, 6.45) is 11.0. The largest absolute Gasteiger partial charge is 0.361 e. The summed E-state index contributed by atoms with van der Waals surface area (Å²) in [5.41, 5.74) is 1.36. The van der Waals surface area contributed by atoms with E-state index in [-0.39, 0.29) is 5.41 Å². The molecule has 2 saturated heterocycles. The molecule has 5 rings (SSSR count). The van der Waals surface area contributed by atoms with Crippen LogP contribution in [0.4, 0.5) is 17.6 Å². The molecule has 3 heterocycles. The first kappa shape index (κ1) is 25.5. The highest BCUT2D eigenvalue weighted by Crippen LogP contribution is 2.41. The number of aromatic nitrogens is 2. The number of piperidine rings is 2. The number of thiocarbonyl (C=S) groups is 1. The van der Waals surface area contributed by atoms with Crippen LogP contribution in [0.25, 0.3) is 0 Å². The van der Waals surface area contributed by atoms with Gasteiger partial charge in [0.15, 0.2) is 5.11 Å². The zero-order chi connectivity index (χ0) is 25.0. The van der Waals surface area contributed by atoms with E-state index in [1.807, 2.05) is 6.07 Å². The second kappa shape index (κ2) is 11.5. The van der Waals surface area contributed by atoms with Gasteiger partial charge >= 0.3 is 0 Å². The number of halogens is 1. The van der Waals surface area contributed by atoms with Crippen molar-refractivity contribution in [3.05, 3.63) is 40.9 Å². The fourth-order valence-corrected chi connectivity index (χ4v) is 6.51. The smallest absolute Gasteiger partial charge is 0.232 e. The Balaban J connectivity index is 1.32. The lowest BCUT2D eigenvalue weighted by molar-refractivity contribution is 0.435. The molecule has 1 aromatic carbocycles. The van der Waals surface area contributed by atoms with Crippen molar-refractivity contribution in [3.63, 3.8) is 0 Å². The van der Waals surface area contributed by atoms with E-state index < -0.39 is 0 Å². The van der Waals surface area contributed by atoms with Crippen molar-refractivity contribution in [2.24, 2.45) is 5.92 Å². The molecule has 6 nitrogen and oxygen atoms in total. The molecule has 0 amide bonds. The number of nitrogens with one attached hydrogen (secondary N) is 2. The fourth-order valence-electron chi connectivity index (χ4n) is 6.16. The summed E-state index contributed by atoms with van der Waals surface area (Å²) in [5, 5.41) is 8.22. The molecule has 0 bridgehead atoms. The number of nitrogens with zero attached hydrogens (tertiary/aromatic N) is 4. The second-order valence-corrected chi connectivity index (χ2v) is 11.8. The third kappa shape index (κ3) is 6.05. The van der Waals surface area contributed by atoms with Crippen molar-refractivity contribution in [2.45, 2.75) is 70.1 Å². The molecule has 1 atom stereocenters. The van der Waals surface area contributed by atoms with E-state index in [9.17, 15) is 0 Å². The van der Waals surface area contributed by atoms with Gasteiger partial charge in [0.25, 0.3) is 0 Å². The Bertz CT molecular complexity index is 1050. The zero-order valence-electron chi connectivity index (χ0n) is 21.4. The first-order chi connectivity index (χ1) is 17.5. The van der Waals surface area contributed by atoms with Gasteiger partial charge in [0.2, 0.25) is 5.95 Å². The van der Waals surface area contributed by atoms with Crippen molar-refractivity contribution in [3.8, 4) is 0 Å². The molecule has 3 aliphatic rings. The first-order valence-electron chi connectivity index (χ1n) is 13.7. The number of hydrogen-bond donors (Lipinski definition) is 2. The van der Waals surface area contributed by atoms with Crippen LogP contribution in [0.1, 0.15) is 70.3 Å². The Morgan fingerprint density at radius 1 is 1.00 bits per heavy atom. The zero-order valence-corrected chi connectivity index (χ0v) is 23.0. The number of anilines is 3. The SMILES string of the molecule is C[C@@H]1CCCN(c2cc(N3CCCCC3)nc(NC(=S)NCC3(c4cccc(Cl)c4)CCCC3)n2)C1. The number of benzene rings is 1. The van der Waals surface area contributed by atoms with E-state index in [1.54, 1.807) is 0 Å². The number of hydrogen-bond acceptors (Lipinski definition) is 5. The molecule has 36 heavy (non-hydrogen) atoms. The highest BCUT2D eigenvalue weighted by atomic mass is 35.5. The Labute approximate surface area is 226 Å². The van der Waals surface area contributed by atoms with E-state index in [4.69, 9.17) is 33.8 Å². The van der Waals surface area contributed by atoms with E-state index in [2.05, 4.69) is 51.6 Å². The summed E-state index contributed by atoms with van der Waals surface area (Å²) in [6.45, 7) is 7.30. The van der Waals surface area contributed by atoms with Gasteiger partial charge in [-0.2, -0.15) is 9.97 Å². The molecule has 1 saturated carbocycles. The molecule has 0 radical (unpaired) electrons. The predicted octanol–water partition coefficient (Wildman–Crippen LogP) is 6.16. The van der Waals surface area contributed by atoms with E-state index in [0.717, 1.165) is 62.2 Å². The predicted molar refractivity (Wildman–Crippen MR) is 155 cm³/mol. The van der Waals surface area contributed by atoms with Crippen LogP contribution in [0, 0.1) is 5.92 Å². The quantitative estimate of drug-likeness (QED) is 0.437. The van der Waals surface area contributed by atoms with E-state index in [0.29, 0.717) is 17.0 Å². The molecular formula is C28H39ClN6S. The molecule has 8 heteroatoms. The Kier molecular flexibility index (Phi) is 8.16. The summed E-state index contributed by atoms with van der Waals surface area (Å²) in [7, 11) is 0.